The van der Waals surface area contributed by atoms with Crippen LogP contribution >= 0.6 is 0 Å². The molecule has 1 aliphatic carbocycles. The molecule has 4 rings (SSSR count). The standard InChI is InChI=1S/C26H32N4O3/c1-18-12-13-23(27-16-18)29-25(32)21-10-6-14-30(17-21)26(33)20-9-5-11-22(15-20)28-24(31)19-7-3-2-4-8-19/h5,9,11-13,15-16,19,21H,2-4,6-8,10,14,17H2,1H3,(H,28,31)(H,27,29,32). The smallest absolute Gasteiger partial charge is 0.253 e. The van der Waals surface area contributed by atoms with Crippen molar-refractivity contribution in [1.29, 1.82) is 0 Å². The van der Waals surface area contributed by atoms with E-state index in [0.29, 0.717) is 30.2 Å². The van der Waals surface area contributed by atoms with E-state index in [0.717, 1.165) is 44.1 Å². The molecule has 1 aliphatic heterocycles. The number of carbonyl (C=O) groups excluding carboxylic acids is 3. The summed E-state index contributed by atoms with van der Waals surface area (Å²) >= 11 is 0. The molecule has 2 heterocycles. The first-order valence-corrected chi connectivity index (χ1v) is 11.9. The Morgan fingerprint density at radius 2 is 1.67 bits per heavy atom. The monoisotopic (exact) mass is 448 g/mol. The predicted octanol–water partition coefficient (Wildman–Crippen LogP) is 4.40. The normalized spacial score (nSPS) is 19.1. The quantitative estimate of drug-likeness (QED) is 0.709. The van der Waals surface area contributed by atoms with E-state index in [2.05, 4.69) is 15.6 Å². The molecule has 0 bridgehead atoms. The van der Waals surface area contributed by atoms with Crippen molar-refractivity contribution in [1.82, 2.24) is 9.88 Å². The van der Waals surface area contributed by atoms with Gasteiger partial charge < -0.3 is 15.5 Å². The lowest BCUT2D eigenvalue weighted by molar-refractivity contribution is -0.121. The van der Waals surface area contributed by atoms with Crippen LogP contribution in [0.1, 0.15) is 60.9 Å². The van der Waals surface area contributed by atoms with E-state index < -0.39 is 0 Å². The molecule has 0 spiro atoms. The van der Waals surface area contributed by atoms with Gasteiger partial charge in [-0.1, -0.05) is 31.4 Å². The third-order valence-corrected chi connectivity index (χ3v) is 6.60. The van der Waals surface area contributed by atoms with Gasteiger partial charge in [0, 0.05) is 36.5 Å². The molecule has 1 saturated carbocycles. The lowest BCUT2D eigenvalue weighted by Gasteiger charge is -2.32. The summed E-state index contributed by atoms with van der Waals surface area (Å²) in [6.07, 6.45) is 8.47. The number of aryl methyl sites for hydroxylation is 1. The number of amides is 3. The van der Waals surface area contributed by atoms with Crippen LogP contribution in [0.3, 0.4) is 0 Å². The summed E-state index contributed by atoms with van der Waals surface area (Å²) < 4.78 is 0. The summed E-state index contributed by atoms with van der Waals surface area (Å²) in [6.45, 7) is 2.93. The zero-order valence-corrected chi connectivity index (χ0v) is 19.2. The van der Waals surface area contributed by atoms with Crippen LogP contribution in [0.4, 0.5) is 11.5 Å². The van der Waals surface area contributed by atoms with Crippen LogP contribution in [0, 0.1) is 18.8 Å². The third kappa shape index (κ3) is 5.97. The molecule has 2 N–H and O–H groups in total. The number of nitrogens with one attached hydrogen (secondary N) is 2. The fraction of sp³-hybridized carbons (Fsp3) is 0.462. The molecule has 2 aliphatic rings. The summed E-state index contributed by atoms with van der Waals surface area (Å²) in [6, 6.07) is 10.8. The molecule has 1 aromatic heterocycles. The van der Waals surface area contributed by atoms with Crippen molar-refractivity contribution in [2.45, 2.75) is 51.9 Å². The summed E-state index contributed by atoms with van der Waals surface area (Å²) in [7, 11) is 0. The van der Waals surface area contributed by atoms with Gasteiger partial charge in [-0.05, 0) is 62.4 Å². The molecule has 2 fully saturated rings. The molecule has 33 heavy (non-hydrogen) atoms. The fourth-order valence-corrected chi connectivity index (χ4v) is 4.67. The Morgan fingerprint density at radius 1 is 0.909 bits per heavy atom. The molecular weight excluding hydrogens is 416 g/mol. The van der Waals surface area contributed by atoms with E-state index >= 15 is 0 Å². The second-order valence-corrected chi connectivity index (χ2v) is 9.21. The van der Waals surface area contributed by atoms with Crippen LogP contribution in [-0.4, -0.2) is 40.7 Å². The van der Waals surface area contributed by atoms with Gasteiger partial charge in [-0.15, -0.1) is 0 Å². The van der Waals surface area contributed by atoms with Gasteiger partial charge in [-0.25, -0.2) is 4.98 Å². The SMILES string of the molecule is Cc1ccc(NC(=O)C2CCCN(C(=O)c3cccc(NC(=O)C4CCCCC4)c3)C2)nc1. The highest BCUT2D eigenvalue weighted by Crippen LogP contribution is 2.26. The number of hydrogen-bond acceptors (Lipinski definition) is 4. The molecule has 1 unspecified atom stereocenters. The zero-order valence-electron chi connectivity index (χ0n) is 19.2. The fourth-order valence-electron chi connectivity index (χ4n) is 4.67. The van der Waals surface area contributed by atoms with Crippen LogP contribution in [0.25, 0.3) is 0 Å². The lowest BCUT2D eigenvalue weighted by atomic mass is 9.88. The van der Waals surface area contributed by atoms with E-state index in [1.54, 1.807) is 35.4 Å². The van der Waals surface area contributed by atoms with Crippen molar-refractivity contribution in [3.8, 4) is 0 Å². The van der Waals surface area contributed by atoms with Crippen molar-refractivity contribution in [3.05, 3.63) is 53.7 Å². The Balaban J connectivity index is 1.37. The highest BCUT2D eigenvalue weighted by Gasteiger charge is 2.29. The van der Waals surface area contributed by atoms with Gasteiger partial charge in [0.1, 0.15) is 5.82 Å². The minimum atomic E-state index is -0.278. The van der Waals surface area contributed by atoms with Crippen molar-refractivity contribution in [3.63, 3.8) is 0 Å². The average molecular weight is 449 g/mol. The van der Waals surface area contributed by atoms with Crippen LogP contribution < -0.4 is 10.6 Å². The zero-order chi connectivity index (χ0) is 23.2. The van der Waals surface area contributed by atoms with Gasteiger partial charge in [0.2, 0.25) is 11.8 Å². The van der Waals surface area contributed by atoms with Crippen molar-refractivity contribution < 1.29 is 14.4 Å². The van der Waals surface area contributed by atoms with E-state index in [9.17, 15) is 14.4 Å². The maximum Gasteiger partial charge on any atom is 0.253 e. The van der Waals surface area contributed by atoms with E-state index in [-0.39, 0.29) is 29.6 Å². The second-order valence-electron chi connectivity index (χ2n) is 9.21. The maximum atomic E-state index is 13.2. The molecule has 0 radical (unpaired) electrons. The number of carbonyl (C=O) groups is 3. The largest absolute Gasteiger partial charge is 0.338 e. The number of aromatic nitrogens is 1. The van der Waals surface area contributed by atoms with Crippen LogP contribution in [0.5, 0.6) is 0 Å². The maximum absolute atomic E-state index is 13.2. The Bertz CT molecular complexity index is 999. The molecule has 3 amide bonds. The minimum Gasteiger partial charge on any atom is -0.338 e. The van der Waals surface area contributed by atoms with Gasteiger partial charge in [0.15, 0.2) is 0 Å². The summed E-state index contributed by atoms with van der Waals surface area (Å²) in [4.78, 5) is 44.5. The molecule has 1 atom stereocenters. The Hall–Kier alpha value is -3.22. The molecule has 2 aromatic rings. The van der Waals surface area contributed by atoms with Gasteiger partial charge in [-0.2, -0.15) is 0 Å². The van der Waals surface area contributed by atoms with Crippen molar-refractivity contribution in [2.75, 3.05) is 23.7 Å². The van der Waals surface area contributed by atoms with E-state index in [4.69, 9.17) is 0 Å². The van der Waals surface area contributed by atoms with E-state index in [1.807, 2.05) is 19.1 Å². The third-order valence-electron chi connectivity index (χ3n) is 6.60. The predicted molar refractivity (Wildman–Crippen MR) is 128 cm³/mol. The Labute approximate surface area is 195 Å². The van der Waals surface area contributed by atoms with Crippen LogP contribution in [0.15, 0.2) is 42.6 Å². The number of likely N-dealkylation sites (tertiary alicyclic amines) is 1. The number of hydrogen-bond donors (Lipinski definition) is 2. The number of nitrogens with zero attached hydrogens (tertiary/aromatic N) is 2. The first kappa shape index (κ1) is 23.0. The van der Waals surface area contributed by atoms with Gasteiger partial charge in [0.05, 0.1) is 5.92 Å². The van der Waals surface area contributed by atoms with Crippen molar-refractivity contribution in [2.24, 2.45) is 11.8 Å². The molecule has 7 heteroatoms. The average Bonchev–Trinajstić information content (AvgIpc) is 2.85. The minimum absolute atomic E-state index is 0.0405. The number of piperidine rings is 1. The topological polar surface area (TPSA) is 91.4 Å². The molecule has 174 valence electrons. The Kier molecular flexibility index (Phi) is 7.37. The highest BCUT2D eigenvalue weighted by molar-refractivity contribution is 5.98. The summed E-state index contributed by atoms with van der Waals surface area (Å²) in [5, 5.41) is 5.85. The highest BCUT2D eigenvalue weighted by atomic mass is 16.2. The number of rotatable bonds is 5. The Morgan fingerprint density at radius 3 is 2.42 bits per heavy atom. The molecule has 1 saturated heterocycles. The first-order chi connectivity index (χ1) is 16.0. The van der Waals surface area contributed by atoms with Crippen LogP contribution in [0.2, 0.25) is 0 Å². The van der Waals surface area contributed by atoms with Gasteiger partial charge in [0.25, 0.3) is 5.91 Å². The molecule has 1 aromatic carbocycles. The molecule has 7 nitrogen and oxygen atoms in total. The number of pyridine rings is 1. The number of anilines is 2. The first-order valence-electron chi connectivity index (χ1n) is 11.9. The van der Waals surface area contributed by atoms with Crippen molar-refractivity contribution >= 4 is 29.2 Å². The summed E-state index contributed by atoms with van der Waals surface area (Å²) in [5.74, 6) is 0.115. The van der Waals surface area contributed by atoms with E-state index in [1.165, 1.54) is 6.42 Å². The number of benzene rings is 1. The second kappa shape index (κ2) is 10.6. The van der Waals surface area contributed by atoms with Crippen LogP contribution in [-0.2, 0) is 9.59 Å². The van der Waals surface area contributed by atoms with Gasteiger partial charge >= 0.3 is 0 Å². The molecular formula is C26H32N4O3. The lowest BCUT2D eigenvalue weighted by Crippen LogP contribution is -2.43. The summed E-state index contributed by atoms with van der Waals surface area (Å²) in [5.41, 5.74) is 2.20. The van der Waals surface area contributed by atoms with Gasteiger partial charge in [-0.3, -0.25) is 14.4 Å².